The van der Waals surface area contributed by atoms with E-state index in [1.807, 2.05) is 29.2 Å². The minimum absolute atomic E-state index is 0.0767. The van der Waals surface area contributed by atoms with Crippen LogP contribution in [0.3, 0.4) is 0 Å². The molecule has 1 saturated heterocycles. The highest BCUT2D eigenvalue weighted by molar-refractivity contribution is 6.32. The van der Waals surface area contributed by atoms with Gasteiger partial charge in [-0.25, -0.2) is 0 Å². The number of carbonyl (C=O) groups is 2. The average molecular weight is 455 g/mol. The summed E-state index contributed by atoms with van der Waals surface area (Å²) in [6.45, 7) is 3.16. The summed E-state index contributed by atoms with van der Waals surface area (Å²) in [5, 5.41) is 0.466. The molecule has 2 aliphatic heterocycles. The van der Waals surface area contributed by atoms with Crippen molar-refractivity contribution in [2.75, 3.05) is 39.4 Å². The van der Waals surface area contributed by atoms with Crippen molar-refractivity contribution < 1.29 is 19.1 Å². The summed E-state index contributed by atoms with van der Waals surface area (Å²) >= 11 is 6.26. The molecule has 2 amide bonds. The van der Waals surface area contributed by atoms with Gasteiger partial charge in [0.15, 0.2) is 11.5 Å². The zero-order valence-corrected chi connectivity index (χ0v) is 18.7. The predicted molar refractivity (Wildman–Crippen MR) is 124 cm³/mol. The number of ether oxygens (including phenoxy) is 2. The maximum atomic E-state index is 12.6. The normalized spacial score (nSPS) is 15.8. The van der Waals surface area contributed by atoms with Crippen LogP contribution in [0.1, 0.15) is 24.0 Å². The molecule has 2 aromatic carbocycles. The van der Waals surface area contributed by atoms with Crippen molar-refractivity contribution in [1.82, 2.24) is 9.80 Å². The van der Waals surface area contributed by atoms with E-state index in [4.69, 9.17) is 21.1 Å². The molecule has 0 atom stereocenters. The van der Waals surface area contributed by atoms with E-state index in [-0.39, 0.29) is 11.8 Å². The summed E-state index contributed by atoms with van der Waals surface area (Å²) in [6.07, 6.45) is 5.54. The minimum Gasteiger partial charge on any atom is -0.486 e. The van der Waals surface area contributed by atoms with Gasteiger partial charge < -0.3 is 19.3 Å². The van der Waals surface area contributed by atoms with Crippen LogP contribution in [0.25, 0.3) is 6.08 Å². The Morgan fingerprint density at radius 1 is 0.969 bits per heavy atom. The van der Waals surface area contributed by atoms with E-state index in [1.54, 1.807) is 23.1 Å². The lowest BCUT2D eigenvalue weighted by Crippen LogP contribution is -2.50. The lowest BCUT2D eigenvalue weighted by atomic mass is 10.1. The molecule has 4 rings (SSSR count). The zero-order valence-electron chi connectivity index (χ0n) is 18.0. The molecule has 0 bridgehead atoms. The number of rotatable bonds is 6. The molecule has 7 heteroatoms. The van der Waals surface area contributed by atoms with Crippen LogP contribution in [0.4, 0.5) is 0 Å². The Morgan fingerprint density at radius 3 is 2.47 bits per heavy atom. The molecule has 6 nitrogen and oxygen atoms in total. The minimum atomic E-state index is -0.0767. The van der Waals surface area contributed by atoms with Crippen molar-refractivity contribution in [1.29, 1.82) is 0 Å². The Labute approximate surface area is 193 Å². The summed E-state index contributed by atoms with van der Waals surface area (Å²) < 4.78 is 11.1. The molecular formula is C25H27ClN2O4. The molecule has 2 aromatic rings. The summed E-state index contributed by atoms with van der Waals surface area (Å²) in [5.41, 5.74) is 2.03. The van der Waals surface area contributed by atoms with Gasteiger partial charge in [0.25, 0.3) is 0 Å². The second-order valence-corrected chi connectivity index (χ2v) is 8.31. The molecular weight excluding hydrogens is 428 g/mol. The van der Waals surface area contributed by atoms with E-state index >= 15 is 0 Å². The van der Waals surface area contributed by atoms with Crippen molar-refractivity contribution in [2.24, 2.45) is 0 Å². The Hall–Kier alpha value is -2.99. The van der Waals surface area contributed by atoms with Gasteiger partial charge in [-0.3, -0.25) is 9.59 Å². The first kappa shape index (κ1) is 22.2. The first-order valence-corrected chi connectivity index (χ1v) is 11.4. The fourth-order valence-electron chi connectivity index (χ4n) is 3.92. The Morgan fingerprint density at radius 2 is 1.69 bits per heavy atom. The van der Waals surface area contributed by atoms with Gasteiger partial charge >= 0.3 is 0 Å². The fraction of sp³-hybridized carbons (Fsp3) is 0.360. The molecule has 2 heterocycles. The Balaban J connectivity index is 1.24. The standard InChI is InChI=1S/C25H27ClN2O4/c26-21-17-20(18-22-25(21)32-16-15-31-22)9-10-24(30)28-13-11-27(12-14-28)23(29)8-4-7-19-5-2-1-3-6-19/h1-3,5-6,9-10,17-18H,4,7-8,11-16H2/b10-9+. The maximum absolute atomic E-state index is 12.6. The van der Waals surface area contributed by atoms with Gasteiger partial charge in [-0.15, -0.1) is 0 Å². The van der Waals surface area contributed by atoms with Gasteiger partial charge in [0.1, 0.15) is 13.2 Å². The van der Waals surface area contributed by atoms with E-state index in [0.29, 0.717) is 62.3 Å². The fourth-order valence-corrected chi connectivity index (χ4v) is 4.20. The van der Waals surface area contributed by atoms with Crippen LogP contribution in [0, 0.1) is 0 Å². The van der Waals surface area contributed by atoms with Crippen LogP contribution >= 0.6 is 11.6 Å². The predicted octanol–water partition coefficient (Wildman–Crippen LogP) is 3.82. The number of carbonyl (C=O) groups excluding carboxylic acids is 2. The summed E-state index contributed by atoms with van der Waals surface area (Å²) in [6, 6.07) is 13.8. The third-order valence-electron chi connectivity index (χ3n) is 5.68. The Bertz CT molecular complexity index is 985. The number of fused-ring (bicyclic) bond motifs is 1. The average Bonchev–Trinajstić information content (AvgIpc) is 2.83. The molecule has 0 saturated carbocycles. The number of amides is 2. The molecule has 168 valence electrons. The van der Waals surface area contributed by atoms with E-state index in [2.05, 4.69) is 12.1 Å². The molecule has 0 radical (unpaired) electrons. The van der Waals surface area contributed by atoms with Crippen LogP contribution < -0.4 is 9.47 Å². The first-order valence-electron chi connectivity index (χ1n) is 11.0. The molecule has 1 fully saturated rings. The maximum Gasteiger partial charge on any atom is 0.246 e. The molecule has 0 spiro atoms. The van der Waals surface area contributed by atoms with Crippen molar-refractivity contribution in [3.05, 3.63) is 64.7 Å². The van der Waals surface area contributed by atoms with Gasteiger partial charge in [0, 0.05) is 38.7 Å². The monoisotopic (exact) mass is 454 g/mol. The zero-order chi connectivity index (χ0) is 22.3. The van der Waals surface area contributed by atoms with Crippen LogP contribution in [-0.2, 0) is 16.0 Å². The number of hydrogen-bond acceptors (Lipinski definition) is 4. The molecule has 2 aliphatic rings. The van der Waals surface area contributed by atoms with Crippen molar-refractivity contribution in [3.8, 4) is 11.5 Å². The molecule has 0 aliphatic carbocycles. The van der Waals surface area contributed by atoms with E-state index in [0.717, 1.165) is 18.4 Å². The van der Waals surface area contributed by atoms with E-state index < -0.39 is 0 Å². The summed E-state index contributed by atoms with van der Waals surface area (Å²) in [5.74, 6) is 1.22. The van der Waals surface area contributed by atoms with Crippen LogP contribution in [-0.4, -0.2) is 61.0 Å². The lowest BCUT2D eigenvalue weighted by molar-refractivity contribution is -0.137. The highest BCUT2D eigenvalue weighted by Crippen LogP contribution is 2.38. The third kappa shape index (κ3) is 5.62. The lowest BCUT2D eigenvalue weighted by Gasteiger charge is -2.34. The van der Waals surface area contributed by atoms with Crippen molar-refractivity contribution >= 4 is 29.5 Å². The third-order valence-corrected chi connectivity index (χ3v) is 5.96. The summed E-state index contributed by atoms with van der Waals surface area (Å²) in [4.78, 5) is 28.7. The topological polar surface area (TPSA) is 59.1 Å². The Kier molecular flexibility index (Phi) is 7.32. The van der Waals surface area contributed by atoms with E-state index in [9.17, 15) is 9.59 Å². The highest BCUT2D eigenvalue weighted by Gasteiger charge is 2.23. The van der Waals surface area contributed by atoms with Gasteiger partial charge in [0.05, 0.1) is 5.02 Å². The van der Waals surface area contributed by atoms with Crippen LogP contribution in [0.2, 0.25) is 5.02 Å². The van der Waals surface area contributed by atoms with Crippen molar-refractivity contribution in [3.63, 3.8) is 0 Å². The van der Waals surface area contributed by atoms with Gasteiger partial charge in [0.2, 0.25) is 11.8 Å². The van der Waals surface area contributed by atoms with Gasteiger partial charge in [-0.2, -0.15) is 0 Å². The largest absolute Gasteiger partial charge is 0.486 e. The quantitative estimate of drug-likeness (QED) is 0.623. The number of benzene rings is 2. The van der Waals surface area contributed by atoms with Gasteiger partial charge in [-0.05, 0) is 42.2 Å². The van der Waals surface area contributed by atoms with Crippen LogP contribution in [0.15, 0.2) is 48.5 Å². The number of nitrogens with zero attached hydrogens (tertiary/aromatic N) is 2. The first-order chi connectivity index (χ1) is 15.6. The second-order valence-electron chi connectivity index (χ2n) is 7.91. The highest BCUT2D eigenvalue weighted by atomic mass is 35.5. The molecule has 0 N–H and O–H groups in total. The number of halogens is 1. The van der Waals surface area contributed by atoms with E-state index in [1.165, 1.54) is 5.56 Å². The number of piperazine rings is 1. The van der Waals surface area contributed by atoms with Crippen molar-refractivity contribution in [2.45, 2.75) is 19.3 Å². The molecule has 0 unspecified atom stereocenters. The van der Waals surface area contributed by atoms with Gasteiger partial charge in [-0.1, -0.05) is 41.9 Å². The summed E-state index contributed by atoms with van der Waals surface area (Å²) in [7, 11) is 0. The molecule has 0 aromatic heterocycles. The SMILES string of the molecule is O=C(/C=C/c1cc(Cl)c2c(c1)OCCO2)N1CCN(C(=O)CCCc2ccccc2)CC1. The number of hydrogen-bond donors (Lipinski definition) is 0. The smallest absolute Gasteiger partial charge is 0.246 e. The number of aryl methyl sites for hydroxylation is 1. The second kappa shape index (κ2) is 10.6. The molecule has 32 heavy (non-hydrogen) atoms. The van der Waals surface area contributed by atoms with Crippen LogP contribution in [0.5, 0.6) is 11.5 Å².